The second-order valence-electron chi connectivity index (χ2n) is 5.62. The van der Waals surface area contributed by atoms with Gasteiger partial charge < -0.3 is 19.1 Å². The second kappa shape index (κ2) is 6.68. The van der Waals surface area contributed by atoms with Gasteiger partial charge in [-0.15, -0.1) is 11.3 Å². The van der Waals surface area contributed by atoms with E-state index in [9.17, 15) is 14.7 Å². The Bertz CT molecular complexity index is 1000. The topological polar surface area (TPSA) is 92.5 Å². The lowest BCUT2D eigenvalue weighted by atomic mass is 10.1. The number of fused-ring (bicyclic) bond motifs is 1. The molecule has 0 amide bonds. The molecule has 0 N–H and O–H groups in total. The van der Waals surface area contributed by atoms with Crippen LogP contribution in [-0.4, -0.2) is 17.1 Å². The van der Waals surface area contributed by atoms with Crippen molar-refractivity contribution in [3.05, 3.63) is 44.6 Å². The van der Waals surface area contributed by atoms with Gasteiger partial charge in [-0.25, -0.2) is 4.98 Å². The lowest BCUT2D eigenvalue weighted by Gasteiger charge is -2.18. The second-order valence-corrected chi connectivity index (χ2v) is 6.68. The number of thiazole rings is 1. The Morgan fingerprint density at radius 3 is 2.80 bits per heavy atom. The molecule has 1 unspecified atom stereocenters. The molecule has 0 bridgehead atoms. The minimum Gasteiger partial charge on any atom is -0.546 e. The van der Waals surface area contributed by atoms with Crippen LogP contribution in [0.5, 0.6) is 5.75 Å². The molecule has 0 aliphatic heterocycles. The van der Waals surface area contributed by atoms with Crippen LogP contribution in [0.2, 0.25) is 0 Å². The van der Waals surface area contributed by atoms with Crippen molar-refractivity contribution in [2.45, 2.75) is 33.3 Å². The SMILES string of the molecule is CCc1cc2c(=O)c(-c3csc(C)n3)coc2cc1OC(C)C(=O)[O-]. The quantitative estimate of drug-likeness (QED) is 0.695. The number of aliphatic carboxylic acids is 1. The van der Waals surface area contributed by atoms with Crippen molar-refractivity contribution < 1.29 is 19.1 Å². The first-order valence-corrected chi connectivity index (χ1v) is 8.67. The number of ether oxygens (including phenoxy) is 1. The zero-order valence-corrected chi connectivity index (χ0v) is 14.8. The third-order valence-electron chi connectivity index (χ3n) is 3.87. The molecule has 130 valence electrons. The molecule has 3 aromatic rings. The zero-order valence-electron chi connectivity index (χ0n) is 14.0. The smallest absolute Gasteiger partial charge is 0.202 e. The number of carboxylic acid groups (broad SMARTS) is 1. The van der Waals surface area contributed by atoms with E-state index in [4.69, 9.17) is 9.15 Å². The summed E-state index contributed by atoms with van der Waals surface area (Å²) in [5, 5.41) is 14.0. The average molecular weight is 358 g/mol. The molecule has 0 aliphatic carbocycles. The van der Waals surface area contributed by atoms with Gasteiger partial charge in [-0.3, -0.25) is 4.79 Å². The van der Waals surface area contributed by atoms with E-state index < -0.39 is 12.1 Å². The number of hydrogen-bond acceptors (Lipinski definition) is 7. The van der Waals surface area contributed by atoms with Crippen LogP contribution in [0.15, 0.2) is 33.0 Å². The van der Waals surface area contributed by atoms with Gasteiger partial charge in [0, 0.05) is 11.4 Å². The number of nitrogens with zero attached hydrogens (tertiary/aromatic N) is 1. The van der Waals surface area contributed by atoms with Crippen LogP contribution in [0.1, 0.15) is 24.4 Å². The molecule has 0 radical (unpaired) electrons. The van der Waals surface area contributed by atoms with Crippen molar-refractivity contribution >= 4 is 28.3 Å². The molecule has 0 fully saturated rings. The molecule has 0 saturated carbocycles. The van der Waals surface area contributed by atoms with Gasteiger partial charge in [0.25, 0.3) is 0 Å². The van der Waals surface area contributed by atoms with Gasteiger partial charge in [0.15, 0.2) is 0 Å². The van der Waals surface area contributed by atoms with Crippen LogP contribution < -0.4 is 15.3 Å². The van der Waals surface area contributed by atoms with E-state index in [2.05, 4.69) is 4.98 Å². The molecule has 7 heteroatoms. The van der Waals surface area contributed by atoms with Crippen LogP contribution in [0.3, 0.4) is 0 Å². The summed E-state index contributed by atoms with van der Waals surface area (Å²) in [4.78, 5) is 28.0. The van der Waals surface area contributed by atoms with E-state index in [0.717, 1.165) is 10.6 Å². The molecule has 1 atom stereocenters. The Morgan fingerprint density at radius 1 is 1.44 bits per heavy atom. The van der Waals surface area contributed by atoms with E-state index in [-0.39, 0.29) is 5.43 Å². The molecule has 2 heterocycles. The van der Waals surface area contributed by atoms with Crippen LogP contribution in [0, 0.1) is 6.92 Å². The van der Waals surface area contributed by atoms with Crippen LogP contribution in [-0.2, 0) is 11.2 Å². The number of carbonyl (C=O) groups excluding carboxylic acids is 1. The Kier molecular flexibility index (Phi) is 4.59. The van der Waals surface area contributed by atoms with E-state index in [0.29, 0.717) is 34.4 Å². The summed E-state index contributed by atoms with van der Waals surface area (Å²) in [6, 6.07) is 3.23. The van der Waals surface area contributed by atoms with Gasteiger partial charge in [0.05, 0.1) is 27.6 Å². The first-order valence-electron chi connectivity index (χ1n) is 7.79. The number of rotatable bonds is 5. The summed E-state index contributed by atoms with van der Waals surface area (Å²) in [7, 11) is 0. The molecular weight excluding hydrogens is 342 g/mol. The Balaban J connectivity index is 2.13. The van der Waals surface area contributed by atoms with Crippen molar-refractivity contribution in [2.75, 3.05) is 0 Å². The van der Waals surface area contributed by atoms with Gasteiger partial charge in [0.2, 0.25) is 5.43 Å². The summed E-state index contributed by atoms with van der Waals surface area (Å²) in [5.41, 5.74) is 1.86. The average Bonchev–Trinajstić information content (AvgIpc) is 3.00. The fraction of sp³-hybridized carbons (Fsp3) is 0.278. The first kappa shape index (κ1) is 17.2. The number of aryl methyl sites for hydroxylation is 2. The van der Waals surface area contributed by atoms with Gasteiger partial charge in [-0.2, -0.15) is 0 Å². The Hall–Kier alpha value is -2.67. The molecule has 25 heavy (non-hydrogen) atoms. The van der Waals surface area contributed by atoms with E-state index in [1.165, 1.54) is 24.5 Å². The number of carbonyl (C=O) groups is 1. The van der Waals surface area contributed by atoms with Crippen molar-refractivity contribution in [3.8, 4) is 17.0 Å². The number of aromatic nitrogens is 1. The molecule has 0 saturated heterocycles. The molecule has 3 rings (SSSR count). The Labute approximate surface area is 147 Å². The minimum absolute atomic E-state index is 0.180. The predicted octanol–water partition coefficient (Wildman–Crippen LogP) is 2.30. The first-order chi connectivity index (χ1) is 11.9. The summed E-state index contributed by atoms with van der Waals surface area (Å²) in [6.07, 6.45) is 0.841. The van der Waals surface area contributed by atoms with Gasteiger partial charge >= 0.3 is 0 Å². The van der Waals surface area contributed by atoms with Gasteiger partial charge in [0.1, 0.15) is 23.7 Å². The largest absolute Gasteiger partial charge is 0.546 e. The molecule has 1 aromatic carbocycles. The van der Waals surface area contributed by atoms with Crippen LogP contribution in [0.4, 0.5) is 0 Å². The molecule has 0 aliphatic rings. The highest BCUT2D eigenvalue weighted by atomic mass is 32.1. The third-order valence-corrected chi connectivity index (χ3v) is 4.64. The molecular formula is C18H16NO5S-. The van der Waals surface area contributed by atoms with Crippen LogP contribution in [0.25, 0.3) is 22.2 Å². The number of carboxylic acids is 1. The minimum atomic E-state index is -1.31. The molecule has 0 spiro atoms. The van der Waals surface area contributed by atoms with Gasteiger partial charge in [-0.05, 0) is 31.9 Å². The van der Waals surface area contributed by atoms with E-state index >= 15 is 0 Å². The highest BCUT2D eigenvalue weighted by molar-refractivity contribution is 7.09. The fourth-order valence-corrected chi connectivity index (χ4v) is 3.10. The summed E-state index contributed by atoms with van der Waals surface area (Å²) < 4.78 is 11.0. The van der Waals surface area contributed by atoms with E-state index in [1.54, 1.807) is 12.1 Å². The lowest BCUT2D eigenvalue weighted by Crippen LogP contribution is -2.37. The lowest BCUT2D eigenvalue weighted by molar-refractivity contribution is -0.312. The highest BCUT2D eigenvalue weighted by Crippen LogP contribution is 2.28. The van der Waals surface area contributed by atoms with Crippen molar-refractivity contribution in [1.29, 1.82) is 0 Å². The monoisotopic (exact) mass is 358 g/mol. The van der Waals surface area contributed by atoms with Crippen molar-refractivity contribution in [2.24, 2.45) is 0 Å². The summed E-state index contributed by atoms with van der Waals surface area (Å²) >= 11 is 1.46. The Morgan fingerprint density at radius 2 is 2.20 bits per heavy atom. The maximum Gasteiger partial charge on any atom is 0.202 e. The summed E-state index contributed by atoms with van der Waals surface area (Å²) in [5.74, 6) is -0.940. The normalized spacial score (nSPS) is 12.3. The fourth-order valence-electron chi connectivity index (χ4n) is 2.49. The van der Waals surface area contributed by atoms with Crippen molar-refractivity contribution in [1.82, 2.24) is 4.98 Å². The number of hydrogen-bond donors (Lipinski definition) is 0. The predicted molar refractivity (Wildman–Crippen MR) is 92.8 cm³/mol. The third kappa shape index (κ3) is 3.28. The standard InChI is InChI=1S/C18H17NO5S/c1-4-11-5-12-16(6-15(11)24-9(2)18(21)22)23-7-13(17(12)20)14-8-25-10(3)19-14/h5-9H,4H2,1-3H3,(H,21,22)/p-1. The highest BCUT2D eigenvalue weighted by Gasteiger charge is 2.16. The van der Waals surface area contributed by atoms with Crippen molar-refractivity contribution in [3.63, 3.8) is 0 Å². The molecule has 2 aromatic heterocycles. The van der Waals surface area contributed by atoms with Crippen LogP contribution >= 0.6 is 11.3 Å². The van der Waals surface area contributed by atoms with E-state index in [1.807, 2.05) is 19.2 Å². The maximum absolute atomic E-state index is 12.8. The molecule has 6 nitrogen and oxygen atoms in total. The van der Waals surface area contributed by atoms with Gasteiger partial charge in [-0.1, -0.05) is 6.92 Å². The number of benzene rings is 1. The zero-order chi connectivity index (χ0) is 18.1. The maximum atomic E-state index is 12.8. The summed E-state index contributed by atoms with van der Waals surface area (Å²) in [6.45, 7) is 5.16.